The summed E-state index contributed by atoms with van der Waals surface area (Å²) in [5, 5.41) is 14.0. The second kappa shape index (κ2) is 8.35. The second-order valence-electron chi connectivity index (χ2n) is 5.55. The summed E-state index contributed by atoms with van der Waals surface area (Å²) in [6.07, 6.45) is -3.24. The van der Waals surface area contributed by atoms with Gasteiger partial charge in [-0.1, -0.05) is 39.7 Å². The Balaban J connectivity index is 1.84. The first-order valence-corrected chi connectivity index (χ1v) is 9.78. The third kappa shape index (κ3) is 4.73. The number of hydrogen-bond donors (Lipinski definition) is 1. The molecule has 28 heavy (non-hydrogen) atoms. The van der Waals surface area contributed by atoms with Crippen LogP contribution in [-0.2, 0) is 6.18 Å². The van der Waals surface area contributed by atoms with E-state index in [9.17, 15) is 18.4 Å². The van der Waals surface area contributed by atoms with Crippen molar-refractivity contribution in [3.05, 3.63) is 74.1 Å². The highest BCUT2D eigenvalue weighted by Crippen LogP contribution is 2.36. The van der Waals surface area contributed by atoms with E-state index in [2.05, 4.69) is 26.2 Å². The highest BCUT2D eigenvalue weighted by molar-refractivity contribution is 9.10. The molecule has 0 aliphatic heterocycles. The van der Waals surface area contributed by atoms with Gasteiger partial charge in [-0.15, -0.1) is 11.3 Å². The predicted octanol–water partition coefficient (Wildman–Crippen LogP) is 7.22. The fraction of sp³-hybridized carbons (Fsp3) is 0.0526. The van der Waals surface area contributed by atoms with Gasteiger partial charge in [-0.05, 0) is 30.3 Å². The summed E-state index contributed by atoms with van der Waals surface area (Å²) < 4.78 is 39.8. The monoisotopic (exact) mass is 483 g/mol. The third-order valence-electron chi connectivity index (χ3n) is 3.65. The molecular formula is C19H10BrClF3N3S. The average molecular weight is 485 g/mol. The van der Waals surface area contributed by atoms with Gasteiger partial charge in [0.2, 0.25) is 0 Å². The minimum absolute atomic E-state index is 0.161. The Labute approximate surface area is 176 Å². The SMILES string of the molecule is N#C/C(=C/Nc1ccc(Cl)c(C(F)(F)F)c1)c1nc(-c2ccc(Br)cc2)cs1. The summed E-state index contributed by atoms with van der Waals surface area (Å²) in [5.41, 5.74) is 1.02. The van der Waals surface area contributed by atoms with Crippen molar-refractivity contribution in [2.75, 3.05) is 5.32 Å². The van der Waals surface area contributed by atoms with Crippen molar-refractivity contribution in [2.45, 2.75) is 6.18 Å². The molecule has 0 saturated heterocycles. The van der Waals surface area contributed by atoms with Gasteiger partial charge in [-0.3, -0.25) is 0 Å². The molecule has 0 bridgehead atoms. The van der Waals surface area contributed by atoms with Crippen molar-refractivity contribution in [3.8, 4) is 17.3 Å². The number of anilines is 1. The minimum Gasteiger partial charge on any atom is -0.360 e. The quantitative estimate of drug-likeness (QED) is 0.398. The lowest BCUT2D eigenvalue weighted by Gasteiger charge is -2.10. The smallest absolute Gasteiger partial charge is 0.360 e. The number of nitriles is 1. The lowest BCUT2D eigenvalue weighted by molar-refractivity contribution is -0.137. The van der Waals surface area contributed by atoms with E-state index < -0.39 is 11.7 Å². The van der Waals surface area contributed by atoms with Gasteiger partial charge >= 0.3 is 6.18 Å². The average Bonchev–Trinajstić information content (AvgIpc) is 3.13. The highest BCUT2D eigenvalue weighted by Gasteiger charge is 2.33. The molecule has 0 radical (unpaired) electrons. The molecule has 0 aliphatic carbocycles. The number of allylic oxidation sites excluding steroid dienone is 1. The van der Waals surface area contributed by atoms with E-state index in [1.807, 2.05) is 35.7 Å². The van der Waals surface area contributed by atoms with Gasteiger partial charge in [0.05, 0.1) is 16.3 Å². The van der Waals surface area contributed by atoms with Crippen molar-refractivity contribution in [2.24, 2.45) is 0 Å². The first kappa shape index (κ1) is 20.4. The fourth-order valence-corrected chi connectivity index (χ4v) is 3.56. The molecule has 0 amide bonds. The molecule has 3 nitrogen and oxygen atoms in total. The van der Waals surface area contributed by atoms with E-state index in [1.54, 1.807) is 0 Å². The molecule has 1 aromatic heterocycles. The molecule has 2 aromatic carbocycles. The zero-order valence-corrected chi connectivity index (χ0v) is 17.0. The maximum absolute atomic E-state index is 13.0. The number of alkyl halides is 3. The van der Waals surface area contributed by atoms with E-state index in [-0.39, 0.29) is 16.3 Å². The Morgan fingerprint density at radius 2 is 1.93 bits per heavy atom. The molecule has 1 N–H and O–H groups in total. The number of aromatic nitrogens is 1. The van der Waals surface area contributed by atoms with Gasteiger partial charge in [0, 0.05) is 27.3 Å². The molecule has 0 saturated carbocycles. The highest BCUT2D eigenvalue weighted by atomic mass is 79.9. The summed E-state index contributed by atoms with van der Waals surface area (Å²) >= 11 is 10.2. The molecule has 3 rings (SSSR count). The van der Waals surface area contributed by atoms with Crippen LogP contribution in [0.1, 0.15) is 10.6 Å². The van der Waals surface area contributed by atoms with Crippen molar-refractivity contribution in [1.82, 2.24) is 4.98 Å². The van der Waals surface area contributed by atoms with Crippen LogP contribution in [0, 0.1) is 11.3 Å². The molecule has 0 unspecified atom stereocenters. The normalized spacial score (nSPS) is 11.9. The van der Waals surface area contributed by atoms with Crippen molar-refractivity contribution >= 4 is 50.1 Å². The van der Waals surface area contributed by atoms with Crippen LogP contribution >= 0.6 is 38.9 Å². The summed E-state index contributed by atoms with van der Waals surface area (Å²) in [5.74, 6) is 0. The summed E-state index contributed by atoms with van der Waals surface area (Å²) in [6.45, 7) is 0. The predicted molar refractivity (Wildman–Crippen MR) is 109 cm³/mol. The summed E-state index contributed by atoms with van der Waals surface area (Å²) in [4.78, 5) is 4.44. The zero-order chi connectivity index (χ0) is 20.3. The molecule has 0 atom stereocenters. The number of thiazole rings is 1. The van der Waals surface area contributed by atoms with Crippen LogP contribution in [-0.4, -0.2) is 4.98 Å². The van der Waals surface area contributed by atoms with E-state index in [0.29, 0.717) is 10.7 Å². The van der Waals surface area contributed by atoms with E-state index in [1.165, 1.54) is 23.6 Å². The van der Waals surface area contributed by atoms with Gasteiger partial charge in [-0.25, -0.2) is 4.98 Å². The van der Waals surface area contributed by atoms with E-state index in [0.717, 1.165) is 22.2 Å². The lowest BCUT2D eigenvalue weighted by atomic mass is 10.2. The van der Waals surface area contributed by atoms with Gasteiger partial charge in [-0.2, -0.15) is 18.4 Å². The first-order valence-electron chi connectivity index (χ1n) is 7.73. The largest absolute Gasteiger partial charge is 0.417 e. The van der Waals surface area contributed by atoms with Gasteiger partial charge < -0.3 is 5.32 Å². The molecule has 1 heterocycles. The van der Waals surface area contributed by atoms with Crippen LogP contribution in [0.2, 0.25) is 5.02 Å². The minimum atomic E-state index is -4.56. The van der Waals surface area contributed by atoms with E-state index >= 15 is 0 Å². The number of nitrogens with zero attached hydrogens (tertiary/aromatic N) is 2. The maximum Gasteiger partial charge on any atom is 0.417 e. The number of benzene rings is 2. The Morgan fingerprint density at radius 1 is 1.21 bits per heavy atom. The fourth-order valence-electron chi connectivity index (χ4n) is 2.28. The van der Waals surface area contributed by atoms with E-state index in [4.69, 9.17) is 11.6 Å². The Hall–Kier alpha value is -2.34. The Bertz CT molecular complexity index is 1070. The van der Waals surface area contributed by atoms with Crippen LogP contribution in [0.4, 0.5) is 18.9 Å². The molecular weight excluding hydrogens is 475 g/mol. The zero-order valence-electron chi connectivity index (χ0n) is 13.9. The first-order chi connectivity index (χ1) is 13.3. The van der Waals surface area contributed by atoms with Crippen LogP contribution in [0.5, 0.6) is 0 Å². The number of nitrogens with one attached hydrogen (secondary N) is 1. The second-order valence-corrected chi connectivity index (χ2v) is 7.73. The molecule has 142 valence electrons. The van der Waals surface area contributed by atoms with Crippen molar-refractivity contribution in [1.29, 1.82) is 5.26 Å². The van der Waals surface area contributed by atoms with Gasteiger partial charge in [0.15, 0.2) is 0 Å². The molecule has 0 spiro atoms. The number of halogens is 5. The Kier molecular flexibility index (Phi) is 6.08. The van der Waals surface area contributed by atoms with Crippen LogP contribution in [0.15, 0.2) is 58.5 Å². The van der Waals surface area contributed by atoms with Gasteiger partial charge in [0.25, 0.3) is 0 Å². The third-order valence-corrected chi connectivity index (χ3v) is 5.38. The number of rotatable bonds is 4. The summed E-state index contributed by atoms with van der Waals surface area (Å²) in [7, 11) is 0. The topological polar surface area (TPSA) is 48.7 Å². The molecule has 0 fully saturated rings. The van der Waals surface area contributed by atoms with Crippen molar-refractivity contribution in [3.63, 3.8) is 0 Å². The number of hydrogen-bond acceptors (Lipinski definition) is 4. The molecule has 0 aliphatic rings. The standard InChI is InChI=1S/C19H10BrClF3N3S/c20-13-3-1-11(2-4-13)17-10-28-18(27-17)12(8-25)9-26-14-5-6-16(21)15(7-14)19(22,23)24/h1-7,9-10,26H/b12-9-. The summed E-state index contributed by atoms with van der Waals surface area (Å²) in [6, 6.07) is 13.0. The molecule has 9 heteroatoms. The van der Waals surface area contributed by atoms with Crippen LogP contribution < -0.4 is 5.32 Å². The van der Waals surface area contributed by atoms with Crippen molar-refractivity contribution < 1.29 is 13.2 Å². The van der Waals surface area contributed by atoms with Crippen LogP contribution in [0.25, 0.3) is 16.8 Å². The van der Waals surface area contributed by atoms with Gasteiger partial charge in [0.1, 0.15) is 16.6 Å². The Morgan fingerprint density at radius 3 is 2.57 bits per heavy atom. The lowest BCUT2D eigenvalue weighted by Crippen LogP contribution is -2.06. The van der Waals surface area contributed by atoms with Crippen LogP contribution in [0.3, 0.4) is 0 Å². The molecule has 3 aromatic rings. The maximum atomic E-state index is 13.0.